The van der Waals surface area contributed by atoms with E-state index < -0.39 is 0 Å². The van der Waals surface area contributed by atoms with Gasteiger partial charge in [0.1, 0.15) is 10.8 Å². The third-order valence-corrected chi connectivity index (χ3v) is 2.55. The van der Waals surface area contributed by atoms with E-state index in [1.807, 2.05) is 0 Å². The highest BCUT2D eigenvalue weighted by molar-refractivity contribution is 7.80. The van der Waals surface area contributed by atoms with Crippen LogP contribution in [0.25, 0.3) is 11.3 Å². The smallest absolute Gasteiger partial charge is 0.258 e. The van der Waals surface area contributed by atoms with Crippen molar-refractivity contribution < 1.29 is 4.39 Å². The molecule has 3 nitrogen and oxygen atoms in total. The van der Waals surface area contributed by atoms with Crippen LogP contribution in [0.1, 0.15) is 5.56 Å². The molecular formula is C12H9FN2OS. The average Bonchev–Trinajstić information content (AvgIpc) is 2.29. The molecule has 1 heterocycles. The number of hydrogen-bond donors (Lipinski definition) is 2. The van der Waals surface area contributed by atoms with Crippen LogP contribution >= 0.6 is 12.2 Å². The number of hydrogen-bond acceptors (Lipinski definition) is 2. The molecule has 0 amide bonds. The number of nitrogens with two attached hydrogens (primary N) is 1. The first-order valence-corrected chi connectivity index (χ1v) is 5.28. The van der Waals surface area contributed by atoms with E-state index in [1.165, 1.54) is 12.1 Å². The number of halogens is 1. The highest BCUT2D eigenvalue weighted by atomic mass is 32.1. The van der Waals surface area contributed by atoms with Gasteiger partial charge in [-0.05, 0) is 42.0 Å². The summed E-state index contributed by atoms with van der Waals surface area (Å²) >= 11 is 4.73. The van der Waals surface area contributed by atoms with Gasteiger partial charge >= 0.3 is 0 Å². The average molecular weight is 248 g/mol. The normalized spacial score (nSPS) is 10.2. The van der Waals surface area contributed by atoms with Gasteiger partial charge in [0.05, 0.1) is 5.56 Å². The number of H-pyrrole nitrogens is 1. The van der Waals surface area contributed by atoms with Gasteiger partial charge in [0.25, 0.3) is 5.56 Å². The first kappa shape index (κ1) is 11.5. The molecule has 0 saturated heterocycles. The van der Waals surface area contributed by atoms with Gasteiger partial charge in [-0.25, -0.2) is 4.39 Å². The molecule has 0 aliphatic rings. The molecule has 17 heavy (non-hydrogen) atoms. The lowest BCUT2D eigenvalue weighted by molar-refractivity contribution is 0.628. The molecule has 2 rings (SSSR count). The van der Waals surface area contributed by atoms with Crippen LogP contribution in [0.4, 0.5) is 4.39 Å². The summed E-state index contributed by atoms with van der Waals surface area (Å²) in [6.07, 6.45) is 0. The molecule has 2 aromatic rings. The second-order valence-corrected chi connectivity index (χ2v) is 3.93. The Balaban J connectivity index is 2.48. The lowest BCUT2D eigenvalue weighted by Gasteiger charge is -2.03. The minimum atomic E-state index is -0.348. The Hall–Kier alpha value is -2.01. The van der Waals surface area contributed by atoms with Crippen molar-refractivity contribution in [3.05, 3.63) is 58.1 Å². The Kier molecular flexibility index (Phi) is 3.01. The molecule has 0 unspecified atom stereocenters. The van der Waals surface area contributed by atoms with Gasteiger partial charge in [0, 0.05) is 5.69 Å². The Bertz CT molecular complexity index is 619. The molecule has 1 aromatic carbocycles. The van der Waals surface area contributed by atoms with Crippen molar-refractivity contribution in [1.82, 2.24) is 4.98 Å². The zero-order chi connectivity index (χ0) is 12.4. The number of rotatable bonds is 2. The predicted molar refractivity (Wildman–Crippen MR) is 68.3 cm³/mol. The number of aromatic amines is 1. The summed E-state index contributed by atoms with van der Waals surface area (Å²) in [6, 6.07) is 9.06. The summed E-state index contributed by atoms with van der Waals surface area (Å²) in [5.41, 5.74) is 6.62. The highest BCUT2D eigenvalue weighted by Crippen LogP contribution is 2.15. The summed E-state index contributed by atoms with van der Waals surface area (Å²) < 4.78 is 12.7. The largest absolute Gasteiger partial charge is 0.389 e. The molecule has 0 spiro atoms. The molecule has 0 radical (unpaired) electrons. The quantitative estimate of drug-likeness (QED) is 0.797. The van der Waals surface area contributed by atoms with Crippen LogP contribution in [0.15, 0.2) is 41.2 Å². The SMILES string of the molecule is NC(=S)c1ccc(-c2ccc(F)cc2)[nH]c1=O. The van der Waals surface area contributed by atoms with Gasteiger partial charge in [0.15, 0.2) is 0 Å². The highest BCUT2D eigenvalue weighted by Gasteiger charge is 2.05. The fourth-order valence-corrected chi connectivity index (χ4v) is 1.63. The fraction of sp³-hybridized carbons (Fsp3) is 0. The van der Waals surface area contributed by atoms with Gasteiger partial charge in [-0.1, -0.05) is 12.2 Å². The summed E-state index contributed by atoms with van der Waals surface area (Å²) in [4.78, 5) is 14.3. The number of pyridine rings is 1. The standard InChI is InChI=1S/C12H9FN2OS/c13-8-3-1-7(2-4-8)10-6-5-9(11(14)17)12(16)15-10/h1-6H,(H2,14,17)(H,15,16). The number of nitrogens with one attached hydrogen (secondary N) is 1. The predicted octanol–water partition coefficient (Wildman–Crippen LogP) is 1.82. The third kappa shape index (κ3) is 2.39. The Labute approximate surface area is 102 Å². The van der Waals surface area contributed by atoms with Crippen molar-refractivity contribution in [2.75, 3.05) is 0 Å². The third-order valence-electron chi connectivity index (χ3n) is 2.33. The summed E-state index contributed by atoms with van der Waals surface area (Å²) in [5.74, 6) is -0.323. The van der Waals surface area contributed by atoms with Crippen molar-refractivity contribution >= 4 is 17.2 Å². The molecule has 1 aromatic heterocycles. The van der Waals surface area contributed by atoms with Crippen molar-refractivity contribution in [2.24, 2.45) is 5.73 Å². The van der Waals surface area contributed by atoms with Crippen LogP contribution in [-0.2, 0) is 0 Å². The zero-order valence-corrected chi connectivity index (χ0v) is 9.55. The molecule has 0 atom stereocenters. The van der Waals surface area contributed by atoms with Crippen LogP contribution in [0.2, 0.25) is 0 Å². The second-order valence-electron chi connectivity index (χ2n) is 3.49. The molecule has 3 N–H and O–H groups in total. The molecule has 0 aliphatic carbocycles. The first-order valence-electron chi connectivity index (χ1n) is 4.87. The maximum absolute atomic E-state index is 12.7. The van der Waals surface area contributed by atoms with Crippen LogP contribution in [0, 0.1) is 5.82 Å². The van der Waals surface area contributed by atoms with Crippen LogP contribution in [0.3, 0.4) is 0 Å². The van der Waals surface area contributed by atoms with E-state index in [0.717, 1.165) is 5.56 Å². The number of benzene rings is 1. The van der Waals surface area contributed by atoms with E-state index >= 15 is 0 Å². The van der Waals surface area contributed by atoms with E-state index in [9.17, 15) is 9.18 Å². The number of aromatic nitrogens is 1. The summed E-state index contributed by atoms with van der Waals surface area (Å²) in [7, 11) is 0. The van der Waals surface area contributed by atoms with E-state index in [2.05, 4.69) is 4.98 Å². The molecule has 0 saturated carbocycles. The Morgan fingerprint density at radius 1 is 1.18 bits per heavy atom. The van der Waals surface area contributed by atoms with E-state index in [4.69, 9.17) is 18.0 Å². The van der Waals surface area contributed by atoms with Gasteiger partial charge in [0.2, 0.25) is 0 Å². The van der Waals surface area contributed by atoms with E-state index in [-0.39, 0.29) is 21.9 Å². The zero-order valence-electron chi connectivity index (χ0n) is 8.74. The number of thiocarbonyl (C=S) groups is 1. The lowest BCUT2D eigenvalue weighted by Crippen LogP contribution is -2.22. The van der Waals surface area contributed by atoms with Crippen molar-refractivity contribution in [3.63, 3.8) is 0 Å². The van der Waals surface area contributed by atoms with Gasteiger partial charge in [-0.2, -0.15) is 0 Å². The first-order chi connectivity index (χ1) is 8.08. The minimum Gasteiger partial charge on any atom is -0.389 e. The van der Waals surface area contributed by atoms with Gasteiger partial charge in [-0.3, -0.25) is 4.79 Å². The maximum atomic E-state index is 12.7. The van der Waals surface area contributed by atoms with Crippen molar-refractivity contribution in [2.45, 2.75) is 0 Å². The van der Waals surface area contributed by atoms with Gasteiger partial charge < -0.3 is 10.7 Å². The van der Waals surface area contributed by atoms with E-state index in [0.29, 0.717) is 5.69 Å². The Morgan fingerprint density at radius 3 is 2.35 bits per heavy atom. The van der Waals surface area contributed by atoms with Crippen LogP contribution in [0.5, 0.6) is 0 Å². The molecule has 5 heteroatoms. The topological polar surface area (TPSA) is 58.9 Å². The van der Waals surface area contributed by atoms with E-state index in [1.54, 1.807) is 24.3 Å². The second kappa shape index (κ2) is 4.47. The molecule has 0 bridgehead atoms. The van der Waals surface area contributed by atoms with Crippen LogP contribution < -0.4 is 11.3 Å². The van der Waals surface area contributed by atoms with Crippen molar-refractivity contribution in [1.29, 1.82) is 0 Å². The fourth-order valence-electron chi connectivity index (χ4n) is 1.47. The molecule has 0 fully saturated rings. The van der Waals surface area contributed by atoms with Crippen molar-refractivity contribution in [3.8, 4) is 11.3 Å². The molecular weight excluding hydrogens is 239 g/mol. The molecule has 86 valence electrons. The summed E-state index contributed by atoms with van der Waals surface area (Å²) in [5, 5.41) is 0. The minimum absolute atomic E-state index is 0.0527. The summed E-state index contributed by atoms with van der Waals surface area (Å²) in [6.45, 7) is 0. The lowest BCUT2D eigenvalue weighted by atomic mass is 10.1. The van der Waals surface area contributed by atoms with Gasteiger partial charge in [-0.15, -0.1) is 0 Å². The monoisotopic (exact) mass is 248 g/mol. The molecule has 0 aliphatic heterocycles. The maximum Gasteiger partial charge on any atom is 0.258 e. The van der Waals surface area contributed by atoms with Crippen LogP contribution in [-0.4, -0.2) is 9.97 Å². The Morgan fingerprint density at radius 2 is 1.82 bits per heavy atom.